The van der Waals surface area contributed by atoms with Crippen LogP contribution in [0.25, 0.3) is 0 Å². The lowest BCUT2D eigenvalue weighted by molar-refractivity contribution is 0.0971. The summed E-state index contributed by atoms with van der Waals surface area (Å²) in [5, 5.41) is 3.26. The summed E-state index contributed by atoms with van der Waals surface area (Å²) in [5.41, 5.74) is 2.32. The number of hydrogen-bond acceptors (Lipinski definition) is 3. The van der Waals surface area contributed by atoms with Gasteiger partial charge in [0, 0.05) is 30.8 Å². The third-order valence-electron chi connectivity index (χ3n) is 3.44. The molecule has 0 bridgehead atoms. The van der Waals surface area contributed by atoms with Gasteiger partial charge in [0.25, 0.3) is 0 Å². The Kier molecular flexibility index (Phi) is 2.99. The zero-order valence-electron chi connectivity index (χ0n) is 10.3. The van der Waals surface area contributed by atoms with E-state index in [-0.39, 0.29) is 17.3 Å². The molecule has 1 aromatic heterocycles. The maximum atomic E-state index is 13.5. The number of Topliss-reactive ketones (excluding diaryl/α,β-unsaturated/α-hetero) is 1. The summed E-state index contributed by atoms with van der Waals surface area (Å²) in [5.74, 6) is -0.619. The summed E-state index contributed by atoms with van der Waals surface area (Å²) in [4.78, 5) is 15.8. The van der Waals surface area contributed by atoms with Crippen molar-refractivity contribution >= 4 is 11.5 Å². The summed E-state index contributed by atoms with van der Waals surface area (Å²) < 4.78 is 13.5. The van der Waals surface area contributed by atoms with Crippen molar-refractivity contribution in [2.45, 2.75) is 12.3 Å². The molecule has 1 aliphatic rings. The quantitative estimate of drug-likeness (QED) is 0.858. The van der Waals surface area contributed by atoms with E-state index in [1.54, 1.807) is 0 Å². The van der Waals surface area contributed by atoms with Crippen LogP contribution in [0.15, 0.2) is 42.7 Å². The minimum Gasteiger partial charge on any atom is -0.384 e. The first kappa shape index (κ1) is 11.8. The van der Waals surface area contributed by atoms with Crippen LogP contribution in [0.1, 0.15) is 28.3 Å². The Morgan fingerprint density at radius 2 is 2.21 bits per heavy atom. The standard InChI is InChI=1S/C15H13FN2O/c16-13-9-17-6-5-12(13)15(19)7-10-8-18-14-4-2-1-3-11(10)14/h1-6,9-10,18H,7-8H2. The highest BCUT2D eigenvalue weighted by molar-refractivity contribution is 5.97. The number of aromatic nitrogens is 1. The number of fused-ring (bicyclic) bond motifs is 1. The molecule has 1 N–H and O–H groups in total. The molecule has 0 saturated carbocycles. The summed E-state index contributed by atoms with van der Waals surface area (Å²) in [6, 6.07) is 9.35. The predicted octanol–water partition coefficient (Wildman–Crippen LogP) is 3.00. The Hall–Kier alpha value is -2.23. The van der Waals surface area contributed by atoms with Gasteiger partial charge in [0.1, 0.15) is 0 Å². The molecular weight excluding hydrogens is 243 g/mol. The molecule has 2 aromatic rings. The molecule has 0 amide bonds. The molecular formula is C15H13FN2O. The van der Waals surface area contributed by atoms with Crippen LogP contribution in [-0.4, -0.2) is 17.3 Å². The lowest BCUT2D eigenvalue weighted by Crippen LogP contribution is -2.11. The fourth-order valence-electron chi connectivity index (χ4n) is 2.47. The molecule has 3 nitrogen and oxygen atoms in total. The summed E-state index contributed by atoms with van der Waals surface area (Å²) >= 11 is 0. The van der Waals surface area contributed by atoms with Crippen LogP contribution in [0.5, 0.6) is 0 Å². The lowest BCUT2D eigenvalue weighted by atomic mass is 9.93. The molecule has 19 heavy (non-hydrogen) atoms. The fourth-order valence-corrected chi connectivity index (χ4v) is 2.47. The molecule has 2 heterocycles. The number of benzene rings is 1. The van der Waals surface area contributed by atoms with Crippen LogP contribution < -0.4 is 5.32 Å². The summed E-state index contributed by atoms with van der Waals surface area (Å²) in [7, 11) is 0. The number of nitrogens with zero attached hydrogens (tertiary/aromatic N) is 1. The smallest absolute Gasteiger partial charge is 0.166 e. The van der Waals surface area contributed by atoms with Gasteiger partial charge in [0.05, 0.1) is 11.8 Å². The van der Waals surface area contributed by atoms with E-state index in [1.807, 2.05) is 24.3 Å². The van der Waals surface area contributed by atoms with Gasteiger partial charge < -0.3 is 5.32 Å². The Morgan fingerprint density at radius 3 is 3.05 bits per heavy atom. The van der Waals surface area contributed by atoms with Crippen LogP contribution in [0, 0.1) is 5.82 Å². The second kappa shape index (κ2) is 4.80. The molecule has 0 radical (unpaired) electrons. The number of carbonyl (C=O) groups excluding carboxylic acids is 1. The Labute approximate surface area is 110 Å². The highest BCUT2D eigenvalue weighted by Crippen LogP contribution is 2.34. The molecule has 3 rings (SSSR count). The zero-order chi connectivity index (χ0) is 13.2. The van der Waals surface area contributed by atoms with E-state index in [0.29, 0.717) is 6.42 Å². The van der Waals surface area contributed by atoms with E-state index in [4.69, 9.17) is 0 Å². The van der Waals surface area contributed by atoms with Crippen molar-refractivity contribution in [1.29, 1.82) is 0 Å². The van der Waals surface area contributed by atoms with E-state index >= 15 is 0 Å². The number of hydrogen-bond donors (Lipinski definition) is 1. The number of halogens is 1. The number of rotatable bonds is 3. The van der Waals surface area contributed by atoms with Gasteiger partial charge in [-0.1, -0.05) is 18.2 Å². The highest BCUT2D eigenvalue weighted by atomic mass is 19.1. The first-order chi connectivity index (χ1) is 9.25. The van der Waals surface area contributed by atoms with Crippen molar-refractivity contribution in [3.8, 4) is 0 Å². The maximum Gasteiger partial charge on any atom is 0.166 e. The van der Waals surface area contributed by atoms with Crippen LogP contribution in [0.3, 0.4) is 0 Å². The molecule has 1 atom stereocenters. The minimum atomic E-state index is -0.549. The average molecular weight is 256 g/mol. The van der Waals surface area contributed by atoms with Crippen molar-refractivity contribution in [3.63, 3.8) is 0 Å². The first-order valence-electron chi connectivity index (χ1n) is 6.21. The van der Waals surface area contributed by atoms with Gasteiger partial charge in [-0.3, -0.25) is 9.78 Å². The van der Waals surface area contributed by atoms with Crippen LogP contribution in [0.4, 0.5) is 10.1 Å². The monoisotopic (exact) mass is 256 g/mol. The predicted molar refractivity (Wildman–Crippen MR) is 70.8 cm³/mol. The highest BCUT2D eigenvalue weighted by Gasteiger charge is 2.25. The third kappa shape index (κ3) is 2.21. The maximum absolute atomic E-state index is 13.5. The number of ketones is 1. The minimum absolute atomic E-state index is 0.108. The lowest BCUT2D eigenvalue weighted by Gasteiger charge is -2.09. The van der Waals surface area contributed by atoms with Crippen LogP contribution >= 0.6 is 0 Å². The molecule has 1 unspecified atom stereocenters. The van der Waals surface area contributed by atoms with Gasteiger partial charge in [0.15, 0.2) is 11.6 Å². The second-order valence-corrected chi connectivity index (χ2v) is 4.65. The van der Waals surface area contributed by atoms with Crippen molar-refractivity contribution in [1.82, 2.24) is 4.98 Å². The largest absolute Gasteiger partial charge is 0.384 e. The third-order valence-corrected chi connectivity index (χ3v) is 3.44. The van der Waals surface area contributed by atoms with E-state index in [1.165, 1.54) is 12.3 Å². The molecule has 0 aliphatic carbocycles. The number of carbonyl (C=O) groups is 1. The Morgan fingerprint density at radius 1 is 1.37 bits per heavy atom. The molecule has 0 saturated heterocycles. The van der Waals surface area contributed by atoms with Gasteiger partial charge in [-0.05, 0) is 17.7 Å². The van der Waals surface area contributed by atoms with Crippen molar-refractivity contribution in [2.24, 2.45) is 0 Å². The van der Waals surface area contributed by atoms with Crippen molar-refractivity contribution < 1.29 is 9.18 Å². The molecule has 96 valence electrons. The van der Waals surface area contributed by atoms with E-state index < -0.39 is 5.82 Å². The van der Waals surface area contributed by atoms with Gasteiger partial charge in [-0.2, -0.15) is 0 Å². The number of anilines is 1. The van der Waals surface area contributed by atoms with Gasteiger partial charge in [-0.25, -0.2) is 4.39 Å². The number of pyridine rings is 1. The molecule has 0 spiro atoms. The Bertz CT molecular complexity index is 627. The van der Waals surface area contributed by atoms with Crippen molar-refractivity contribution in [3.05, 3.63) is 59.7 Å². The summed E-state index contributed by atoms with van der Waals surface area (Å²) in [6.45, 7) is 0.720. The van der Waals surface area contributed by atoms with Gasteiger partial charge >= 0.3 is 0 Å². The molecule has 1 aromatic carbocycles. The van der Waals surface area contributed by atoms with E-state index in [9.17, 15) is 9.18 Å². The van der Waals surface area contributed by atoms with Gasteiger partial charge in [0.2, 0.25) is 0 Å². The first-order valence-corrected chi connectivity index (χ1v) is 6.21. The Balaban J connectivity index is 1.81. The van der Waals surface area contributed by atoms with Crippen LogP contribution in [-0.2, 0) is 0 Å². The molecule has 0 fully saturated rings. The zero-order valence-corrected chi connectivity index (χ0v) is 10.3. The van der Waals surface area contributed by atoms with E-state index in [0.717, 1.165) is 24.0 Å². The number of nitrogens with one attached hydrogen (secondary N) is 1. The molecule has 1 aliphatic heterocycles. The van der Waals surface area contributed by atoms with Gasteiger partial charge in [-0.15, -0.1) is 0 Å². The van der Waals surface area contributed by atoms with E-state index in [2.05, 4.69) is 10.3 Å². The second-order valence-electron chi connectivity index (χ2n) is 4.65. The number of para-hydroxylation sites is 1. The normalized spacial score (nSPS) is 16.8. The SMILES string of the molecule is O=C(CC1CNc2ccccc21)c1ccncc1F. The fraction of sp³-hybridized carbons (Fsp3) is 0.200. The van der Waals surface area contributed by atoms with Crippen molar-refractivity contribution in [2.75, 3.05) is 11.9 Å². The molecule has 4 heteroatoms. The summed E-state index contributed by atoms with van der Waals surface area (Å²) in [6.07, 6.45) is 2.83. The average Bonchev–Trinajstić information content (AvgIpc) is 2.83. The van der Waals surface area contributed by atoms with Crippen LogP contribution in [0.2, 0.25) is 0 Å². The topological polar surface area (TPSA) is 42.0 Å².